The van der Waals surface area contributed by atoms with E-state index < -0.39 is 11.7 Å². The predicted molar refractivity (Wildman–Crippen MR) is 92.4 cm³/mol. The number of amides is 1. The number of carbonyl (C=O) groups excluding carboxylic acids is 1. The highest BCUT2D eigenvalue weighted by Crippen LogP contribution is 2.33. The van der Waals surface area contributed by atoms with Crippen molar-refractivity contribution in [3.8, 4) is 0 Å². The van der Waals surface area contributed by atoms with Gasteiger partial charge in [-0.3, -0.25) is 4.79 Å². The van der Waals surface area contributed by atoms with Gasteiger partial charge < -0.3 is 9.47 Å². The Morgan fingerprint density at radius 1 is 1.12 bits per heavy atom. The maximum atomic E-state index is 13.3. The first-order chi connectivity index (χ1) is 12.3. The maximum absolute atomic E-state index is 13.3. The summed E-state index contributed by atoms with van der Waals surface area (Å²) in [6.07, 6.45) is -4.43. The normalized spacial score (nSPS) is 11.7. The molecule has 0 unspecified atom stereocenters. The summed E-state index contributed by atoms with van der Waals surface area (Å²) in [7, 11) is 1.63. The first kappa shape index (κ1) is 18.0. The molecule has 0 aliphatic rings. The van der Waals surface area contributed by atoms with Gasteiger partial charge in [0.15, 0.2) is 0 Å². The van der Waals surface area contributed by atoms with Crippen molar-refractivity contribution in [1.29, 1.82) is 0 Å². The quantitative estimate of drug-likeness (QED) is 0.702. The standard InChI is InChI=1S/C19H18F3N3O/c1-13(26)24(2)12-18-23-16-9-5-6-10-17(16)25(18)11-14-7-3-4-8-15(14)19(20,21)22/h3-10H,11-12H2,1-2H3. The zero-order valence-corrected chi connectivity index (χ0v) is 14.4. The molecular weight excluding hydrogens is 343 g/mol. The fourth-order valence-electron chi connectivity index (χ4n) is 2.85. The fourth-order valence-corrected chi connectivity index (χ4v) is 2.85. The van der Waals surface area contributed by atoms with Crippen LogP contribution < -0.4 is 0 Å². The van der Waals surface area contributed by atoms with Crippen molar-refractivity contribution < 1.29 is 18.0 Å². The summed E-state index contributed by atoms with van der Waals surface area (Å²) >= 11 is 0. The van der Waals surface area contributed by atoms with Crippen LogP contribution >= 0.6 is 0 Å². The van der Waals surface area contributed by atoms with Crippen molar-refractivity contribution >= 4 is 16.9 Å². The van der Waals surface area contributed by atoms with Gasteiger partial charge in [-0.1, -0.05) is 30.3 Å². The molecule has 1 heterocycles. The van der Waals surface area contributed by atoms with Crippen LogP contribution in [0.4, 0.5) is 13.2 Å². The predicted octanol–water partition coefficient (Wildman–Crippen LogP) is 4.08. The number of halogens is 3. The minimum Gasteiger partial charge on any atom is -0.339 e. The molecule has 0 N–H and O–H groups in total. The third-order valence-corrected chi connectivity index (χ3v) is 4.30. The molecule has 1 aromatic heterocycles. The number of imidazole rings is 1. The number of fused-ring (bicyclic) bond motifs is 1. The van der Waals surface area contributed by atoms with Crippen LogP contribution in [0.5, 0.6) is 0 Å². The Balaban J connectivity index is 2.09. The van der Waals surface area contributed by atoms with Crippen molar-refractivity contribution in [2.24, 2.45) is 0 Å². The molecule has 0 radical (unpaired) electrons. The van der Waals surface area contributed by atoms with Gasteiger partial charge in [0.05, 0.1) is 29.7 Å². The lowest BCUT2D eigenvalue weighted by molar-refractivity contribution is -0.138. The topological polar surface area (TPSA) is 38.1 Å². The van der Waals surface area contributed by atoms with Gasteiger partial charge in [-0.15, -0.1) is 0 Å². The van der Waals surface area contributed by atoms with E-state index in [0.29, 0.717) is 11.3 Å². The number of nitrogens with zero attached hydrogens (tertiary/aromatic N) is 3. The molecule has 26 heavy (non-hydrogen) atoms. The first-order valence-corrected chi connectivity index (χ1v) is 8.08. The van der Waals surface area contributed by atoms with Gasteiger partial charge in [0.25, 0.3) is 0 Å². The number of hydrogen-bond acceptors (Lipinski definition) is 2. The lowest BCUT2D eigenvalue weighted by Crippen LogP contribution is -2.25. The molecule has 1 amide bonds. The Morgan fingerprint density at radius 2 is 1.77 bits per heavy atom. The van der Waals surface area contributed by atoms with Gasteiger partial charge >= 0.3 is 6.18 Å². The van der Waals surface area contributed by atoms with E-state index in [1.54, 1.807) is 23.7 Å². The summed E-state index contributed by atoms with van der Waals surface area (Å²) < 4.78 is 41.7. The smallest absolute Gasteiger partial charge is 0.339 e. The Labute approximate surface area is 148 Å². The highest BCUT2D eigenvalue weighted by molar-refractivity contribution is 5.76. The fraction of sp³-hybridized carbons (Fsp3) is 0.263. The summed E-state index contributed by atoms with van der Waals surface area (Å²) in [5.74, 6) is 0.403. The van der Waals surface area contributed by atoms with E-state index in [-0.39, 0.29) is 24.6 Å². The molecule has 0 bridgehead atoms. The Bertz CT molecular complexity index is 947. The lowest BCUT2D eigenvalue weighted by atomic mass is 10.1. The van der Waals surface area contributed by atoms with E-state index >= 15 is 0 Å². The summed E-state index contributed by atoms with van der Waals surface area (Å²) in [6.45, 7) is 1.68. The third kappa shape index (κ3) is 3.56. The van der Waals surface area contributed by atoms with Gasteiger partial charge in [0.1, 0.15) is 5.82 Å². The Hall–Kier alpha value is -2.83. The van der Waals surface area contributed by atoms with Crippen LogP contribution in [0.2, 0.25) is 0 Å². The summed E-state index contributed by atoms with van der Waals surface area (Å²) in [5.41, 5.74) is 0.916. The summed E-state index contributed by atoms with van der Waals surface area (Å²) in [6, 6.07) is 12.8. The van der Waals surface area contributed by atoms with E-state index in [4.69, 9.17) is 0 Å². The molecule has 3 aromatic rings. The first-order valence-electron chi connectivity index (χ1n) is 8.08. The minimum atomic E-state index is -4.43. The zero-order valence-electron chi connectivity index (χ0n) is 14.4. The SMILES string of the molecule is CC(=O)N(C)Cc1nc2ccccc2n1Cc1ccccc1C(F)(F)F. The molecule has 0 fully saturated rings. The molecular formula is C19H18F3N3O. The van der Waals surface area contributed by atoms with Gasteiger partial charge in [0, 0.05) is 14.0 Å². The molecule has 7 heteroatoms. The number of benzene rings is 2. The van der Waals surface area contributed by atoms with Crippen LogP contribution in [0, 0.1) is 0 Å². The lowest BCUT2D eigenvalue weighted by Gasteiger charge is -2.18. The van der Waals surface area contributed by atoms with Crippen molar-refractivity contribution in [3.05, 3.63) is 65.5 Å². The molecule has 0 saturated heterocycles. The second-order valence-electron chi connectivity index (χ2n) is 6.13. The minimum absolute atomic E-state index is 0.0251. The molecule has 4 nitrogen and oxygen atoms in total. The molecule has 3 rings (SSSR count). The van der Waals surface area contributed by atoms with Gasteiger partial charge in [-0.2, -0.15) is 13.2 Å². The van der Waals surface area contributed by atoms with E-state index in [0.717, 1.165) is 11.6 Å². The highest BCUT2D eigenvalue weighted by atomic mass is 19.4. The van der Waals surface area contributed by atoms with Crippen LogP contribution in [0.1, 0.15) is 23.9 Å². The zero-order chi connectivity index (χ0) is 18.9. The van der Waals surface area contributed by atoms with E-state index in [2.05, 4.69) is 4.98 Å². The van der Waals surface area contributed by atoms with Crippen molar-refractivity contribution in [3.63, 3.8) is 0 Å². The maximum Gasteiger partial charge on any atom is 0.416 e. The van der Waals surface area contributed by atoms with Crippen LogP contribution in [-0.2, 0) is 24.1 Å². The van der Waals surface area contributed by atoms with Crippen molar-refractivity contribution in [2.75, 3.05) is 7.05 Å². The van der Waals surface area contributed by atoms with E-state index in [1.807, 2.05) is 18.2 Å². The number of hydrogen-bond donors (Lipinski definition) is 0. The summed E-state index contributed by atoms with van der Waals surface area (Å²) in [4.78, 5) is 17.5. The van der Waals surface area contributed by atoms with E-state index in [1.165, 1.54) is 24.0 Å². The van der Waals surface area contributed by atoms with Crippen LogP contribution in [0.3, 0.4) is 0 Å². The van der Waals surface area contributed by atoms with Gasteiger partial charge in [-0.25, -0.2) is 4.98 Å². The third-order valence-electron chi connectivity index (χ3n) is 4.30. The molecule has 0 aliphatic heterocycles. The summed E-state index contributed by atoms with van der Waals surface area (Å²) in [5, 5.41) is 0. The number of rotatable bonds is 4. The Morgan fingerprint density at radius 3 is 2.46 bits per heavy atom. The second kappa shape index (κ2) is 6.82. The monoisotopic (exact) mass is 361 g/mol. The average Bonchev–Trinajstić information content (AvgIpc) is 2.92. The van der Waals surface area contributed by atoms with Gasteiger partial charge in [0.2, 0.25) is 5.91 Å². The molecule has 0 spiro atoms. The number of para-hydroxylation sites is 2. The molecule has 136 valence electrons. The number of carbonyl (C=O) groups is 1. The van der Waals surface area contributed by atoms with Crippen molar-refractivity contribution in [2.45, 2.75) is 26.2 Å². The average molecular weight is 361 g/mol. The van der Waals surface area contributed by atoms with E-state index in [9.17, 15) is 18.0 Å². The van der Waals surface area contributed by atoms with Gasteiger partial charge in [-0.05, 0) is 23.8 Å². The van der Waals surface area contributed by atoms with Crippen LogP contribution in [0.15, 0.2) is 48.5 Å². The molecule has 2 aromatic carbocycles. The molecule has 0 saturated carbocycles. The largest absolute Gasteiger partial charge is 0.416 e. The number of aromatic nitrogens is 2. The van der Waals surface area contributed by atoms with Crippen molar-refractivity contribution in [1.82, 2.24) is 14.5 Å². The van der Waals surface area contributed by atoms with Crippen LogP contribution in [-0.4, -0.2) is 27.4 Å². The molecule has 0 atom stereocenters. The highest BCUT2D eigenvalue weighted by Gasteiger charge is 2.33. The Kier molecular flexibility index (Phi) is 4.71. The second-order valence-corrected chi connectivity index (χ2v) is 6.13. The molecule has 0 aliphatic carbocycles. The number of alkyl halides is 3. The van der Waals surface area contributed by atoms with Crippen LogP contribution in [0.25, 0.3) is 11.0 Å².